The van der Waals surface area contributed by atoms with Gasteiger partial charge in [0.05, 0.1) is 6.33 Å². The van der Waals surface area contributed by atoms with Gasteiger partial charge < -0.3 is 4.57 Å². The fourth-order valence-corrected chi connectivity index (χ4v) is 4.95. The first-order chi connectivity index (χ1) is 14.4. The molecular weight excluding hydrogens is 360 g/mol. The van der Waals surface area contributed by atoms with E-state index in [0.717, 1.165) is 32.7 Å². The molecule has 3 aromatic rings. The van der Waals surface area contributed by atoms with Crippen molar-refractivity contribution in [1.29, 1.82) is 0 Å². The summed E-state index contributed by atoms with van der Waals surface area (Å²) in [5, 5.41) is 0. The largest absolute Gasteiger partial charge is 0.320 e. The molecule has 0 N–H and O–H groups in total. The van der Waals surface area contributed by atoms with E-state index in [9.17, 15) is 0 Å². The van der Waals surface area contributed by atoms with E-state index in [2.05, 4.69) is 59.8 Å². The molecule has 5 heterocycles. The van der Waals surface area contributed by atoms with E-state index in [1.807, 2.05) is 37.3 Å². The van der Waals surface area contributed by atoms with Crippen LogP contribution in [0.25, 0.3) is 0 Å². The number of hydrogen-bond acceptors (Lipinski definition) is 5. The number of nitrogens with zero attached hydrogens (tertiary/aromatic N) is 6. The monoisotopic (exact) mass is 388 g/mol. The Hall–Kier alpha value is -2.57. The second kappa shape index (κ2) is 8.43. The zero-order chi connectivity index (χ0) is 19.5. The molecule has 0 amide bonds. The predicted molar refractivity (Wildman–Crippen MR) is 112 cm³/mol. The molecule has 2 fully saturated rings. The van der Waals surface area contributed by atoms with Gasteiger partial charge in [-0.15, -0.1) is 0 Å². The van der Waals surface area contributed by atoms with Crippen LogP contribution < -0.4 is 0 Å². The van der Waals surface area contributed by atoms with Gasteiger partial charge in [-0.25, -0.2) is 4.98 Å². The normalized spacial score (nSPS) is 24.1. The third kappa shape index (κ3) is 4.09. The van der Waals surface area contributed by atoms with E-state index in [1.54, 1.807) is 0 Å². The van der Waals surface area contributed by atoms with Crippen molar-refractivity contribution in [1.82, 2.24) is 29.3 Å². The van der Waals surface area contributed by atoms with E-state index in [1.165, 1.54) is 24.0 Å². The highest BCUT2D eigenvalue weighted by atomic mass is 15.3. The maximum Gasteiger partial charge on any atom is 0.100 e. The summed E-state index contributed by atoms with van der Waals surface area (Å²) in [5.74, 6) is 1.21. The molecule has 5 rings (SSSR count). The summed E-state index contributed by atoms with van der Waals surface area (Å²) in [6, 6.07) is 8.67. The van der Waals surface area contributed by atoms with Crippen LogP contribution in [0.15, 0.2) is 67.8 Å². The van der Waals surface area contributed by atoms with Crippen molar-refractivity contribution in [3.8, 4) is 0 Å². The molecule has 3 unspecified atom stereocenters. The molecule has 3 aromatic heterocycles. The number of pyridine rings is 2. The summed E-state index contributed by atoms with van der Waals surface area (Å²) in [7, 11) is 0. The standard InChI is InChI=1S/C23H28N6/c1-7-24-8-2-19(1)21-5-12-27(15-21)17-23(29-14-11-26-18-29)28-13-6-22(16-28)20-3-9-25-10-4-20/h1-4,7-11,14,18,21-23H,5-6,12-13,15-17H2. The van der Waals surface area contributed by atoms with Crippen molar-refractivity contribution in [3.05, 3.63) is 78.9 Å². The van der Waals surface area contributed by atoms with E-state index in [0.29, 0.717) is 18.0 Å². The summed E-state index contributed by atoms with van der Waals surface area (Å²) in [5.41, 5.74) is 2.83. The molecule has 0 spiro atoms. The van der Waals surface area contributed by atoms with Crippen molar-refractivity contribution in [2.24, 2.45) is 0 Å². The Morgan fingerprint density at radius 2 is 1.45 bits per heavy atom. The second-order valence-electron chi connectivity index (χ2n) is 8.28. The lowest BCUT2D eigenvalue weighted by Crippen LogP contribution is -2.39. The van der Waals surface area contributed by atoms with Crippen LogP contribution in [-0.4, -0.2) is 62.0 Å². The van der Waals surface area contributed by atoms with Crippen LogP contribution in [0.2, 0.25) is 0 Å². The van der Waals surface area contributed by atoms with Gasteiger partial charge in [-0.1, -0.05) is 0 Å². The zero-order valence-corrected chi connectivity index (χ0v) is 16.7. The van der Waals surface area contributed by atoms with Gasteiger partial charge in [-0.3, -0.25) is 19.8 Å². The predicted octanol–water partition coefficient (Wildman–Crippen LogP) is 3.15. The first-order valence-electron chi connectivity index (χ1n) is 10.6. The number of rotatable bonds is 6. The fraction of sp³-hybridized carbons (Fsp3) is 0.435. The summed E-state index contributed by atoms with van der Waals surface area (Å²) in [6.07, 6.45) is 16.4. The van der Waals surface area contributed by atoms with Crippen LogP contribution in [0, 0.1) is 0 Å². The fourth-order valence-electron chi connectivity index (χ4n) is 4.95. The van der Waals surface area contributed by atoms with Crippen LogP contribution >= 0.6 is 0 Å². The van der Waals surface area contributed by atoms with Gasteiger partial charge in [0.2, 0.25) is 0 Å². The summed E-state index contributed by atoms with van der Waals surface area (Å²) in [6.45, 7) is 5.53. The second-order valence-corrected chi connectivity index (χ2v) is 8.28. The van der Waals surface area contributed by atoms with Gasteiger partial charge in [0.15, 0.2) is 0 Å². The minimum absolute atomic E-state index is 0.334. The smallest absolute Gasteiger partial charge is 0.100 e. The summed E-state index contributed by atoms with van der Waals surface area (Å²) >= 11 is 0. The molecule has 0 aliphatic carbocycles. The molecule has 150 valence electrons. The van der Waals surface area contributed by atoms with Crippen LogP contribution in [-0.2, 0) is 0 Å². The molecular formula is C23H28N6. The van der Waals surface area contributed by atoms with Crippen molar-refractivity contribution in [2.75, 3.05) is 32.7 Å². The lowest BCUT2D eigenvalue weighted by Gasteiger charge is -2.32. The summed E-state index contributed by atoms with van der Waals surface area (Å²) < 4.78 is 2.29. The maximum atomic E-state index is 4.33. The van der Waals surface area contributed by atoms with Gasteiger partial charge in [-0.2, -0.15) is 0 Å². The molecule has 3 atom stereocenters. The van der Waals surface area contributed by atoms with Crippen molar-refractivity contribution >= 4 is 0 Å². The number of likely N-dealkylation sites (tertiary alicyclic amines) is 2. The van der Waals surface area contributed by atoms with Crippen molar-refractivity contribution in [2.45, 2.75) is 30.8 Å². The quantitative estimate of drug-likeness (QED) is 0.649. The first kappa shape index (κ1) is 18.5. The van der Waals surface area contributed by atoms with Crippen molar-refractivity contribution in [3.63, 3.8) is 0 Å². The molecule has 0 saturated carbocycles. The molecule has 6 heteroatoms. The molecule has 2 saturated heterocycles. The average Bonchev–Trinajstić information content (AvgIpc) is 3.55. The Kier molecular flexibility index (Phi) is 5.37. The van der Waals surface area contributed by atoms with Crippen LogP contribution in [0.5, 0.6) is 0 Å². The van der Waals surface area contributed by atoms with Gasteiger partial charge in [-0.05, 0) is 66.6 Å². The number of imidazole rings is 1. The minimum atomic E-state index is 0.334. The number of hydrogen-bond donors (Lipinski definition) is 0. The SMILES string of the molecule is c1cc(C2CCN(CC(N3CCC(c4ccncc4)C3)n3ccnc3)C2)ccn1. The van der Waals surface area contributed by atoms with Crippen LogP contribution in [0.3, 0.4) is 0 Å². The Bertz CT molecular complexity index is 882. The lowest BCUT2D eigenvalue weighted by molar-refractivity contribution is 0.123. The zero-order valence-electron chi connectivity index (χ0n) is 16.7. The van der Waals surface area contributed by atoms with E-state index in [-0.39, 0.29) is 0 Å². The average molecular weight is 389 g/mol. The minimum Gasteiger partial charge on any atom is -0.320 e. The maximum absolute atomic E-state index is 4.33. The Labute approximate surface area is 172 Å². The Morgan fingerprint density at radius 1 is 0.793 bits per heavy atom. The Balaban J connectivity index is 1.28. The van der Waals surface area contributed by atoms with Gasteiger partial charge >= 0.3 is 0 Å². The highest BCUT2D eigenvalue weighted by molar-refractivity contribution is 5.19. The molecule has 0 bridgehead atoms. The third-order valence-corrected chi connectivity index (χ3v) is 6.56. The number of aromatic nitrogens is 4. The van der Waals surface area contributed by atoms with Gasteiger partial charge in [0.25, 0.3) is 0 Å². The molecule has 29 heavy (non-hydrogen) atoms. The van der Waals surface area contributed by atoms with E-state index >= 15 is 0 Å². The first-order valence-corrected chi connectivity index (χ1v) is 10.6. The van der Waals surface area contributed by atoms with Gasteiger partial charge in [0, 0.05) is 63.4 Å². The molecule has 2 aliphatic heterocycles. The molecule has 0 radical (unpaired) electrons. The highest BCUT2D eigenvalue weighted by Crippen LogP contribution is 2.33. The summed E-state index contributed by atoms with van der Waals surface area (Å²) in [4.78, 5) is 17.9. The van der Waals surface area contributed by atoms with E-state index < -0.39 is 0 Å². The third-order valence-electron chi connectivity index (χ3n) is 6.56. The van der Waals surface area contributed by atoms with Crippen LogP contribution in [0.4, 0.5) is 0 Å². The van der Waals surface area contributed by atoms with Gasteiger partial charge in [0.1, 0.15) is 6.17 Å². The highest BCUT2D eigenvalue weighted by Gasteiger charge is 2.33. The van der Waals surface area contributed by atoms with Crippen molar-refractivity contribution < 1.29 is 0 Å². The molecule has 6 nitrogen and oxygen atoms in total. The molecule has 2 aliphatic rings. The van der Waals surface area contributed by atoms with E-state index in [4.69, 9.17) is 0 Å². The topological polar surface area (TPSA) is 50.1 Å². The lowest BCUT2D eigenvalue weighted by atomic mass is 10.00. The molecule has 0 aromatic carbocycles. The Morgan fingerprint density at radius 3 is 2.10 bits per heavy atom. The van der Waals surface area contributed by atoms with Crippen LogP contribution in [0.1, 0.15) is 42.0 Å².